The fraction of sp³-hybridized carbons (Fsp3) is 0.250. The van der Waals surface area contributed by atoms with Gasteiger partial charge in [0.1, 0.15) is 5.82 Å². The quantitative estimate of drug-likeness (QED) is 0.701. The summed E-state index contributed by atoms with van der Waals surface area (Å²) < 4.78 is 15.1. The maximum Gasteiger partial charge on any atom is 0.258 e. The molecule has 2 rings (SSSR count). The third-order valence-corrected chi connectivity index (χ3v) is 2.59. The molecule has 1 aromatic carbocycles. The molecule has 0 aliphatic rings. The van der Waals surface area contributed by atoms with Gasteiger partial charge in [0.15, 0.2) is 0 Å². The summed E-state index contributed by atoms with van der Waals surface area (Å²) in [4.78, 5) is 11.9. The monoisotopic (exact) mass is 205 g/mol. The largest absolute Gasteiger partial charge is 0.315 e. The van der Waals surface area contributed by atoms with E-state index in [2.05, 4.69) is 0 Å². The van der Waals surface area contributed by atoms with Crippen molar-refractivity contribution in [1.29, 1.82) is 0 Å². The lowest BCUT2D eigenvalue weighted by molar-refractivity contribution is 0.637. The van der Waals surface area contributed by atoms with Gasteiger partial charge in [-0.2, -0.15) is 0 Å². The number of hydrogen-bond acceptors (Lipinski definition) is 1. The Morgan fingerprint density at radius 2 is 2.13 bits per heavy atom. The van der Waals surface area contributed by atoms with Crippen molar-refractivity contribution in [1.82, 2.24) is 4.57 Å². The van der Waals surface area contributed by atoms with Gasteiger partial charge in [0, 0.05) is 18.1 Å². The molecule has 0 bridgehead atoms. The molecule has 78 valence electrons. The molecule has 0 aliphatic carbocycles. The molecule has 0 amide bonds. The summed E-state index contributed by atoms with van der Waals surface area (Å²) in [5.41, 5.74) is 0.669. The van der Waals surface area contributed by atoms with Crippen LogP contribution >= 0.6 is 0 Å². The van der Waals surface area contributed by atoms with Gasteiger partial charge in [-0.1, -0.05) is 6.07 Å². The highest BCUT2D eigenvalue weighted by atomic mass is 19.1. The van der Waals surface area contributed by atoms with E-state index in [1.54, 1.807) is 22.9 Å². The standard InChI is InChI=1S/C12H12FNO/c1-3-14-7-8(2)11-9(12(14)15)5-4-6-10(11)13/h4-7H,3H2,1-2H3. The number of hydrogen-bond donors (Lipinski definition) is 0. The lowest BCUT2D eigenvalue weighted by Gasteiger charge is -2.08. The second-order valence-corrected chi connectivity index (χ2v) is 3.57. The highest BCUT2D eigenvalue weighted by Gasteiger charge is 2.08. The van der Waals surface area contributed by atoms with Gasteiger partial charge in [-0.25, -0.2) is 4.39 Å². The van der Waals surface area contributed by atoms with Crippen molar-refractivity contribution in [3.05, 3.63) is 46.1 Å². The molecule has 0 atom stereocenters. The van der Waals surface area contributed by atoms with Gasteiger partial charge < -0.3 is 4.57 Å². The minimum atomic E-state index is -0.328. The average Bonchev–Trinajstić information content (AvgIpc) is 2.23. The maximum absolute atomic E-state index is 13.5. The Morgan fingerprint density at radius 3 is 2.80 bits per heavy atom. The van der Waals surface area contributed by atoms with Gasteiger partial charge in [-0.05, 0) is 31.5 Å². The Bertz CT molecular complexity index is 572. The number of pyridine rings is 1. The fourth-order valence-corrected chi connectivity index (χ4v) is 1.85. The first-order valence-corrected chi connectivity index (χ1v) is 4.93. The van der Waals surface area contributed by atoms with E-state index in [1.807, 2.05) is 13.8 Å². The first-order valence-electron chi connectivity index (χ1n) is 4.93. The van der Waals surface area contributed by atoms with Crippen LogP contribution in [0.15, 0.2) is 29.2 Å². The molecule has 0 spiro atoms. The SMILES string of the molecule is CCn1cc(C)c2c(F)cccc2c1=O. The second-order valence-electron chi connectivity index (χ2n) is 3.57. The lowest BCUT2D eigenvalue weighted by Crippen LogP contribution is -2.19. The molecule has 1 aromatic heterocycles. The molecule has 0 radical (unpaired) electrons. The second kappa shape index (κ2) is 3.50. The van der Waals surface area contributed by atoms with Crippen molar-refractivity contribution in [3.63, 3.8) is 0 Å². The Labute approximate surface area is 87.0 Å². The third kappa shape index (κ3) is 1.44. The zero-order valence-electron chi connectivity index (χ0n) is 8.75. The van der Waals surface area contributed by atoms with Crippen LogP contribution in [0.2, 0.25) is 0 Å². The van der Waals surface area contributed by atoms with Crippen molar-refractivity contribution in [3.8, 4) is 0 Å². The van der Waals surface area contributed by atoms with Gasteiger partial charge in [0.05, 0.1) is 5.39 Å². The van der Waals surface area contributed by atoms with Gasteiger partial charge in [-0.3, -0.25) is 4.79 Å². The number of benzene rings is 1. The van der Waals surface area contributed by atoms with E-state index in [0.29, 0.717) is 17.3 Å². The summed E-state index contributed by atoms with van der Waals surface area (Å²) in [6, 6.07) is 4.61. The van der Waals surface area contributed by atoms with Crippen LogP contribution in [0.4, 0.5) is 4.39 Å². The normalized spacial score (nSPS) is 10.9. The predicted molar refractivity (Wildman–Crippen MR) is 58.6 cm³/mol. The van der Waals surface area contributed by atoms with E-state index in [4.69, 9.17) is 0 Å². The van der Waals surface area contributed by atoms with E-state index in [0.717, 1.165) is 5.56 Å². The average molecular weight is 205 g/mol. The van der Waals surface area contributed by atoms with E-state index in [9.17, 15) is 9.18 Å². The van der Waals surface area contributed by atoms with Crippen LogP contribution in [0, 0.1) is 12.7 Å². The zero-order valence-corrected chi connectivity index (χ0v) is 8.75. The summed E-state index contributed by atoms with van der Waals surface area (Å²) in [5, 5.41) is 0.893. The van der Waals surface area contributed by atoms with Crippen LogP contribution in [0.5, 0.6) is 0 Å². The molecule has 0 saturated heterocycles. The summed E-state index contributed by atoms with van der Waals surface area (Å²) in [7, 11) is 0. The summed E-state index contributed by atoms with van der Waals surface area (Å²) in [6.45, 7) is 4.31. The van der Waals surface area contributed by atoms with Crippen molar-refractivity contribution in [2.45, 2.75) is 20.4 Å². The molecule has 0 fully saturated rings. The Morgan fingerprint density at radius 1 is 1.40 bits per heavy atom. The summed E-state index contributed by atoms with van der Waals surface area (Å²) in [6.07, 6.45) is 1.70. The predicted octanol–water partition coefficient (Wildman–Crippen LogP) is 2.47. The number of rotatable bonds is 1. The smallest absolute Gasteiger partial charge is 0.258 e. The van der Waals surface area contributed by atoms with Crippen molar-refractivity contribution in [2.75, 3.05) is 0 Å². The van der Waals surface area contributed by atoms with Gasteiger partial charge in [0.25, 0.3) is 5.56 Å². The van der Waals surface area contributed by atoms with Crippen molar-refractivity contribution >= 4 is 10.8 Å². The molecule has 1 heterocycles. The van der Waals surface area contributed by atoms with E-state index in [1.165, 1.54) is 6.07 Å². The van der Waals surface area contributed by atoms with Crippen LogP contribution in [0.3, 0.4) is 0 Å². The Balaban J connectivity index is 3.00. The van der Waals surface area contributed by atoms with Crippen LogP contribution in [-0.2, 0) is 6.54 Å². The number of aryl methyl sites for hydroxylation is 2. The maximum atomic E-state index is 13.5. The zero-order chi connectivity index (χ0) is 11.0. The van der Waals surface area contributed by atoms with Crippen LogP contribution < -0.4 is 5.56 Å². The first-order chi connectivity index (χ1) is 7.15. The summed E-state index contributed by atoms with van der Waals surface area (Å²) in [5.74, 6) is -0.328. The molecule has 0 aliphatic heterocycles. The van der Waals surface area contributed by atoms with E-state index < -0.39 is 0 Å². The number of nitrogens with zero attached hydrogens (tertiary/aromatic N) is 1. The topological polar surface area (TPSA) is 22.0 Å². The van der Waals surface area contributed by atoms with Crippen LogP contribution in [0.1, 0.15) is 12.5 Å². The van der Waals surface area contributed by atoms with E-state index in [-0.39, 0.29) is 11.4 Å². The molecule has 2 aromatic rings. The van der Waals surface area contributed by atoms with Gasteiger partial charge in [0.2, 0.25) is 0 Å². The molecule has 3 heteroatoms. The van der Waals surface area contributed by atoms with Gasteiger partial charge in [-0.15, -0.1) is 0 Å². The van der Waals surface area contributed by atoms with Crippen LogP contribution in [0.25, 0.3) is 10.8 Å². The fourth-order valence-electron chi connectivity index (χ4n) is 1.85. The number of aromatic nitrogens is 1. The molecule has 0 N–H and O–H groups in total. The molecular formula is C12H12FNO. The first kappa shape index (κ1) is 9.90. The number of fused-ring (bicyclic) bond motifs is 1. The Hall–Kier alpha value is -1.64. The highest BCUT2D eigenvalue weighted by Crippen LogP contribution is 2.18. The number of halogens is 1. The Kier molecular flexibility index (Phi) is 2.31. The molecule has 2 nitrogen and oxygen atoms in total. The van der Waals surface area contributed by atoms with Crippen LogP contribution in [-0.4, -0.2) is 4.57 Å². The highest BCUT2D eigenvalue weighted by molar-refractivity contribution is 5.85. The van der Waals surface area contributed by atoms with Gasteiger partial charge >= 0.3 is 0 Å². The third-order valence-electron chi connectivity index (χ3n) is 2.59. The van der Waals surface area contributed by atoms with Crippen molar-refractivity contribution in [2.24, 2.45) is 0 Å². The summed E-state index contributed by atoms with van der Waals surface area (Å²) >= 11 is 0. The molecule has 15 heavy (non-hydrogen) atoms. The minimum Gasteiger partial charge on any atom is -0.315 e. The molecular weight excluding hydrogens is 193 g/mol. The van der Waals surface area contributed by atoms with E-state index >= 15 is 0 Å². The molecule has 0 unspecified atom stereocenters. The van der Waals surface area contributed by atoms with Crippen molar-refractivity contribution < 1.29 is 4.39 Å². The molecule has 0 saturated carbocycles. The lowest BCUT2D eigenvalue weighted by atomic mass is 10.1. The minimum absolute atomic E-state index is 0.127.